The number of amides is 1. The van der Waals surface area contributed by atoms with E-state index in [0.29, 0.717) is 11.4 Å². The van der Waals surface area contributed by atoms with Crippen LogP contribution in [-0.2, 0) is 6.42 Å². The van der Waals surface area contributed by atoms with Gasteiger partial charge in [-0.1, -0.05) is 43.3 Å². The van der Waals surface area contributed by atoms with Gasteiger partial charge in [-0.15, -0.1) is 0 Å². The molecule has 6 rings (SSSR count). The molecule has 0 saturated heterocycles. The molecule has 1 aliphatic rings. The monoisotopic (exact) mass is 531 g/mol. The van der Waals surface area contributed by atoms with Gasteiger partial charge in [-0.2, -0.15) is 0 Å². The molecule has 0 bridgehead atoms. The molecule has 40 heavy (non-hydrogen) atoms. The normalized spacial score (nSPS) is 17.0. The minimum atomic E-state index is -0.171. The average Bonchev–Trinajstić information content (AvgIpc) is 3.38. The second-order valence-electron chi connectivity index (χ2n) is 10.3. The Kier molecular flexibility index (Phi) is 7.14. The Labute approximate surface area is 233 Å². The molecule has 8 heteroatoms. The van der Waals surface area contributed by atoms with Crippen LogP contribution in [0.15, 0.2) is 85.3 Å². The molecule has 1 fully saturated rings. The van der Waals surface area contributed by atoms with E-state index >= 15 is 0 Å². The van der Waals surface area contributed by atoms with Crippen LogP contribution in [0.4, 0.5) is 11.5 Å². The van der Waals surface area contributed by atoms with Crippen LogP contribution in [0, 0.1) is 0 Å². The van der Waals surface area contributed by atoms with Crippen LogP contribution in [0.5, 0.6) is 0 Å². The quantitative estimate of drug-likeness (QED) is 0.246. The number of nitrogen functional groups attached to an aromatic ring is 1. The van der Waals surface area contributed by atoms with Crippen molar-refractivity contribution in [2.24, 2.45) is 0 Å². The van der Waals surface area contributed by atoms with Gasteiger partial charge in [-0.3, -0.25) is 9.78 Å². The number of hydrogen-bond acceptors (Lipinski definition) is 6. The van der Waals surface area contributed by atoms with Crippen molar-refractivity contribution in [3.63, 3.8) is 0 Å². The highest BCUT2D eigenvalue weighted by atomic mass is 16.1. The molecule has 1 amide bonds. The van der Waals surface area contributed by atoms with Crippen LogP contribution in [-0.4, -0.2) is 37.5 Å². The lowest BCUT2D eigenvalue weighted by Gasteiger charge is -2.30. The van der Waals surface area contributed by atoms with E-state index in [1.807, 2.05) is 12.3 Å². The van der Waals surface area contributed by atoms with Crippen molar-refractivity contribution in [3.8, 4) is 16.9 Å². The van der Waals surface area contributed by atoms with Crippen LogP contribution in [0.2, 0.25) is 0 Å². The maximum absolute atomic E-state index is 12.7. The number of nitrogens with zero attached hydrogens (tertiary/aromatic N) is 4. The second-order valence-corrected chi connectivity index (χ2v) is 10.3. The number of benzene rings is 2. The first-order valence-electron chi connectivity index (χ1n) is 13.9. The number of anilines is 2. The minimum absolute atomic E-state index is 0.0595. The summed E-state index contributed by atoms with van der Waals surface area (Å²) in [6, 6.07) is 22.4. The summed E-state index contributed by atoms with van der Waals surface area (Å²) in [7, 11) is 0. The Hall–Kier alpha value is -4.72. The van der Waals surface area contributed by atoms with Crippen LogP contribution >= 0.6 is 0 Å². The van der Waals surface area contributed by atoms with Gasteiger partial charge in [0.1, 0.15) is 11.5 Å². The van der Waals surface area contributed by atoms with Crippen molar-refractivity contribution < 1.29 is 4.79 Å². The largest absolute Gasteiger partial charge is 0.397 e. The summed E-state index contributed by atoms with van der Waals surface area (Å²) in [4.78, 5) is 26.8. The molecule has 0 aliphatic heterocycles. The van der Waals surface area contributed by atoms with Gasteiger partial charge in [0.15, 0.2) is 0 Å². The summed E-state index contributed by atoms with van der Waals surface area (Å²) >= 11 is 0. The highest BCUT2D eigenvalue weighted by Gasteiger charge is 2.25. The van der Waals surface area contributed by atoms with E-state index in [2.05, 4.69) is 81.8 Å². The van der Waals surface area contributed by atoms with E-state index in [1.165, 1.54) is 6.20 Å². The van der Waals surface area contributed by atoms with E-state index in [-0.39, 0.29) is 18.0 Å². The highest BCUT2D eigenvalue weighted by Crippen LogP contribution is 2.34. The van der Waals surface area contributed by atoms with Gasteiger partial charge in [-0.05, 0) is 62.4 Å². The van der Waals surface area contributed by atoms with Crippen LogP contribution in [0.25, 0.3) is 27.8 Å². The fourth-order valence-corrected chi connectivity index (χ4v) is 5.59. The van der Waals surface area contributed by atoms with Gasteiger partial charge in [0, 0.05) is 34.9 Å². The zero-order chi connectivity index (χ0) is 27.5. The lowest BCUT2D eigenvalue weighted by Crippen LogP contribution is -2.42. The zero-order valence-electron chi connectivity index (χ0n) is 22.5. The summed E-state index contributed by atoms with van der Waals surface area (Å²) in [6.45, 7) is 2.11. The van der Waals surface area contributed by atoms with E-state index < -0.39 is 0 Å². The third-order valence-corrected chi connectivity index (χ3v) is 7.57. The number of hydrogen-bond donors (Lipinski definition) is 3. The number of para-hydroxylation sites is 2. The van der Waals surface area contributed by atoms with Gasteiger partial charge >= 0.3 is 0 Å². The Bertz CT molecular complexity index is 1630. The number of carbonyl (C=O) groups excluding carboxylic acids is 1. The van der Waals surface area contributed by atoms with Gasteiger partial charge in [0.2, 0.25) is 0 Å². The smallest absolute Gasteiger partial charge is 0.270 e. The van der Waals surface area contributed by atoms with Crippen molar-refractivity contribution >= 4 is 28.3 Å². The molecular formula is C32H33N7O. The number of rotatable bonds is 7. The number of aromatic nitrogens is 4. The zero-order valence-corrected chi connectivity index (χ0v) is 22.5. The summed E-state index contributed by atoms with van der Waals surface area (Å²) in [5.74, 6) is 0.579. The molecule has 3 aromatic heterocycles. The minimum Gasteiger partial charge on any atom is -0.397 e. The molecule has 5 aromatic rings. The maximum atomic E-state index is 12.7. The van der Waals surface area contributed by atoms with Gasteiger partial charge < -0.3 is 20.9 Å². The maximum Gasteiger partial charge on any atom is 0.270 e. The molecule has 2 aromatic carbocycles. The standard InChI is InChI=1S/C32H33N7O/c1-2-27-31(26-20-39(24-11-4-3-5-12-24)29-14-7-6-13-25(26)29)38-30(19-35-27)36-22-9-8-10-23(17-22)37-32(40)28-16-15-21(33)18-34-28/h3-7,11-16,18-20,22-23H,2,8-10,17,33H2,1H3,(H,36,38)(H,37,40)/t22-,23+/m1/s1. The molecule has 3 heterocycles. The number of nitrogens with one attached hydrogen (secondary N) is 2. The molecule has 0 radical (unpaired) electrons. The van der Waals surface area contributed by atoms with Crippen molar-refractivity contribution in [1.82, 2.24) is 24.8 Å². The Morgan fingerprint density at radius 1 is 0.975 bits per heavy atom. The van der Waals surface area contributed by atoms with E-state index in [1.54, 1.807) is 12.1 Å². The second kappa shape index (κ2) is 11.2. The van der Waals surface area contributed by atoms with E-state index in [0.717, 1.165) is 71.5 Å². The third-order valence-electron chi connectivity index (χ3n) is 7.57. The predicted octanol–water partition coefficient (Wildman–Crippen LogP) is 5.78. The Morgan fingerprint density at radius 2 is 1.77 bits per heavy atom. The number of nitrogens with two attached hydrogens (primary N) is 1. The molecule has 0 unspecified atom stereocenters. The first-order chi connectivity index (χ1) is 19.6. The fraction of sp³-hybridized carbons (Fsp3) is 0.250. The fourth-order valence-electron chi connectivity index (χ4n) is 5.59. The van der Waals surface area contributed by atoms with E-state index in [9.17, 15) is 4.79 Å². The van der Waals surface area contributed by atoms with Crippen LogP contribution in [0.3, 0.4) is 0 Å². The number of pyridine rings is 1. The lowest BCUT2D eigenvalue weighted by atomic mass is 9.91. The lowest BCUT2D eigenvalue weighted by molar-refractivity contribution is 0.0921. The van der Waals surface area contributed by atoms with Gasteiger partial charge in [0.05, 0.1) is 35.0 Å². The molecule has 1 saturated carbocycles. The predicted molar refractivity (Wildman–Crippen MR) is 159 cm³/mol. The number of aryl methyl sites for hydroxylation is 1. The number of carbonyl (C=O) groups is 1. The van der Waals surface area contributed by atoms with Crippen molar-refractivity contribution in [3.05, 3.63) is 96.7 Å². The molecule has 202 valence electrons. The van der Waals surface area contributed by atoms with Crippen molar-refractivity contribution in [2.75, 3.05) is 11.1 Å². The molecule has 1 aliphatic carbocycles. The summed E-state index contributed by atoms with van der Waals surface area (Å²) < 4.78 is 2.22. The highest BCUT2D eigenvalue weighted by molar-refractivity contribution is 5.97. The van der Waals surface area contributed by atoms with Crippen LogP contribution in [0.1, 0.15) is 48.8 Å². The van der Waals surface area contributed by atoms with Gasteiger partial charge in [-0.25, -0.2) is 9.97 Å². The number of fused-ring (bicyclic) bond motifs is 1. The topological polar surface area (TPSA) is 111 Å². The Balaban J connectivity index is 1.25. The SMILES string of the molecule is CCc1ncc(N[C@@H]2CCC[C@H](NC(=O)c3ccc(N)cn3)C2)nc1-c1cn(-c2ccccc2)c2ccccc12. The van der Waals surface area contributed by atoms with Gasteiger partial charge in [0.25, 0.3) is 5.91 Å². The summed E-state index contributed by atoms with van der Waals surface area (Å²) in [5, 5.41) is 7.90. The first kappa shape index (κ1) is 25.6. The molecule has 0 spiro atoms. The molecule has 2 atom stereocenters. The van der Waals surface area contributed by atoms with Crippen molar-refractivity contribution in [1.29, 1.82) is 0 Å². The molecular weight excluding hydrogens is 498 g/mol. The van der Waals surface area contributed by atoms with Crippen LogP contribution < -0.4 is 16.4 Å². The third kappa shape index (κ3) is 5.25. The summed E-state index contributed by atoms with van der Waals surface area (Å²) in [6.07, 6.45) is 10.0. The van der Waals surface area contributed by atoms with Crippen molar-refractivity contribution in [2.45, 2.75) is 51.1 Å². The first-order valence-corrected chi connectivity index (χ1v) is 13.9. The molecule has 8 nitrogen and oxygen atoms in total. The molecule has 4 N–H and O–H groups in total. The summed E-state index contributed by atoms with van der Waals surface area (Å²) in [5.41, 5.74) is 11.8. The van der Waals surface area contributed by atoms with E-state index in [4.69, 9.17) is 15.7 Å². The Morgan fingerprint density at radius 3 is 2.58 bits per heavy atom. The average molecular weight is 532 g/mol.